The Hall–Kier alpha value is 0.290. The highest BCUT2D eigenvalue weighted by molar-refractivity contribution is 14.2. The average Bonchev–Trinajstić information content (AvgIpc) is 2.24. The summed E-state index contributed by atoms with van der Waals surface area (Å²) in [6, 6.07) is 0. The van der Waals surface area contributed by atoms with Crippen molar-refractivity contribution in [2.75, 3.05) is 12.4 Å². The number of rotatable bonds is 4. The highest BCUT2D eigenvalue weighted by atomic mass is 127. The van der Waals surface area contributed by atoms with Crippen LogP contribution in [-0.4, -0.2) is 18.3 Å². The first-order valence-electron chi connectivity index (χ1n) is 5.75. The van der Waals surface area contributed by atoms with Gasteiger partial charge < -0.3 is 4.74 Å². The van der Waals surface area contributed by atoms with Gasteiger partial charge in [-0.1, -0.05) is 21.1 Å². The van der Waals surface area contributed by atoms with Crippen molar-refractivity contribution in [3.8, 4) is 0 Å². The topological polar surface area (TPSA) is 26.3 Å². The number of allylic oxidation sites excluding steroid dienone is 2. The third-order valence-corrected chi connectivity index (χ3v) is 4.66. The minimum atomic E-state index is -0.263. The SMILES string of the molecule is C[C@@]1(C(=O)OCCSI)CC/C=C/CCC1. The maximum atomic E-state index is 12.0. The van der Waals surface area contributed by atoms with Crippen LogP contribution in [0.25, 0.3) is 0 Å². The number of carbonyl (C=O) groups is 1. The molecule has 4 heteroatoms. The van der Waals surface area contributed by atoms with Gasteiger partial charge in [-0.3, -0.25) is 4.79 Å². The number of ether oxygens (including phenoxy) is 1. The molecule has 0 fully saturated rings. The van der Waals surface area contributed by atoms with E-state index in [-0.39, 0.29) is 11.4 Å². The normalized spacial score (nSPS) is 27.9. The molecule has 1 aliphatic rings. The van der Waals surface area contributed by atoms with E-state index in [1.54, 1.807) is 8.93 Å². The molecule has 0 unspecified atom stereocenters. The molecule has 1 atom stereocenters. The van der Waals surface area contributed by atoms with E-state index in [4.69, 9.17) is 4.74 Å². The van der Waals surface area contributed by atoms with Crippen LogP contribution in [0.4, 0.5) is 0 Å². The number of esters is 1. The van der Waals surface area contributed by atoms with Crippen LogP contribution in [0.15, 0.2) is 12.2 Å². The molecule has 1 aliphatic carbocycles. The predicted molar refractivity (Wildman–Crippen MR) is 77.8 cm³/mol. The third-order valence-electron chi connectivity index (χ3n) is 3.02. The highest BCUT2D eigenvalue weighted by Gasteiger charge is 2.33. The van der Waals surface area contributed by atoms with Crippen LogP contribution in [-0.2, 0) is 9.53 Å². The lowest BCUT2D eigenvalue weighted by molar-refractivity contribution is -0.155. The summed E-state index contributed by atoms with van der Waals surface area (Å²) in [5.41, 5.74) is -0.263. The summed E-state index contributed by atoms with van der Waals surface area (Å²) in [7, 11) is 1.68. The Bertz CT molecular complexity index is 255. The van der Waals surface area contributed by atoms with Crippen molar-refractivity contribution in [3.05, 3.63) is 12.2 Å². The fourth-order valence-corrected chi connectivity index (χ4v) is 2.60. The predicted octanol–water partition coefficient (Wildman–Crippen LogP) is 4.14. The summed E-state index contributed by atoms with van der Waals surface area (Å²) in [6.45, 7) is 2.59. The molecule has 0 aromatic heterocycles. The summed E-state index contributed by atoms with van der Waals surface area (Å²) >= 11 is 2.22. The number of hydrogen-bond acceptors (Lipinski definition) is 3. The summed E-state index contributed by atoms with van der Waals surface area (Å²) in [4.78, 5) is 12.0. The van der Waals surface area contributed by atoms with Gasteiger partial charge in [-0.25, -0.2) is 0 Å². The lowest BCUT2D eigenvalue weighted by Crippen LogP contribution is -2.30. The van der Waals surface area contributed by atoms with Crippen molar-refractivity contribution in [2.24, 2.45) is 5.41 Å². The molecule has 92 valence electrons. The van der Waals surface area contributed by atoms with E-state index in [2.05, 4.69) is 33.4 Å². The molecule has 2 nitrogen and oxygen atoms in total. The largest absolute Gasteiger partial charge is 0.464 e. The lowest BCUT2D eigenvalue weighted by atomic mass is 9.79. The van der Waals surface area contributed by atoms with Crippen molar-refractivity contribution in [1.29, 1.82) is 0 Å². The van der Waals surface area contributed by atoms with Gasteiger partial charge in [0.2, 0.25) is 0 Å². The van der Waals surface area contributed by atoms with Crippen molar-refractivity contribution in [1.82, 2.24) is 0 Å². The molecule has 0 bridgehead atoms. The average molecular weight is 354 g/mol. The van der Waals surface area contributed by atoms with Crippen LogP contribution in [0.1, 0.15) is 39.0 Å². The Morgan fingerprint density at radius 3 is 2.94 bits per heavy atom. The zero-order valence-electron chi connectivity index (χ0n) is 9.71. The molecule has 1 rings (SSSR count). The van der Waals surface area contributed by atoms with Gasteiger partial charge in [-0.05, 0) is 60.2 Å². The van der Waals surface area contributed by atoms with Crippen LogP contribution in [0.2, 0.25) is 0 Å². The number of carbonyl (C=O) groups excluding carboxylic acids is 1. The van der Waals surface area contributed by atoms with E-state index in [0.29, 0.717) is 6.61 Å². The fourth-order valence-electron chi connectivity index (χ4n) is 1.92. The molecular weight excluding hydrogens is 335 g/mol. The number of halogens is 1. The van der Waals surface area contributed by atoms with Gasteiger partial charge in [0, 0.05) is 5.75 Å². The summed E-state index contributed by atoms with van der Waals surface area (Å²) in [5.74, 6) is 0.871. The smallest absolute Gasteiger partial charge is 0.311 e. The van der Waals surface area contributed by atoms with Gasteiger partial charge in [0.05, 0.1) is 5.41 Å². The fraction of sp³-hybridized carbons (Fsp3) is 0.750. The summed E-state index contributed by atoms with van der Waals surface area (Å²) in [6.07, 6.45) is 9.44. The molecule has 16 heavy (non-hydrogen) atoms. The molecule has 0 aliphatic heterocycles. The third kappa shape index (κ3) is 4.65. The standard InChI is InChI=1S/C12H19IO2S/c1-12(11(14)15-9-10-16-13)7-5-3-2-4-6-8-12/h2-3H,4-10H2,1H3/b3-2+/t12-/m1/s1. The van der Waals surface area contributed by atoms with Crippen LogP contribution in [0.3, 0.4) is 0 Å². The van der Waals surface area contributed by atoms with Gasteiger partial charge in [0.25, 0.3) is 0 Å². The van der Waals surface area contributed by atoms with Crippen LogP contribution in [0, 0.1) is 5.41 Å². The molecule has 0 saturated carbocycles. The minimum Gasteiger partial charge on any atom is -0.464 e. The second-order valence-electron chi connectivity index (χ2n) is 4.41. The monoisotopic (exact) mass is 354 g/mol. The molecule has 0 N–H and O–H groups in total. The van der Waals surface area contributed by atoms with Gasteiger partial charge >= 0.3 is 5.97 Å². The maximum absolute atomic E-state index is 12.0. The Labute approximate surface area is 114 Å². The molecule has 0 saturated heterocycles. The Morgan fingerprint density at radius 2 is 2.19 bits per heavy atom. The second kappa shape index (κ2) is 7.58. The molecule has 0 aromatic carbocycles. The first kappa shape index (κ1) is 14.4. The molecule has 0 radical (unpaired) electrons. The van der Waals surface area contributed by atoms with E-state index in [1.165, 1.54) is 0 Å². The Balaban J connectivity index is 2.46. The molecule has 0 spiro atoms. The van der Waals surface area contributed by atoms with Gasteiger partial charge in [0.1, 0.15) is 6.61 Å². The van der Waals surface area contributed by atoms with E-state index in [1.807, 2.05) is 6.92 Å². The van der Waals surface area contributed by atoms with Crippen molar-refractivity contribution in [2.45, 2.75) is 39.0 Å². The van der Waals surface area contributed by atoms with Crippen LogP contribution < -0.4 is 0 Å². The van der Waals surface area contributed by atoms with E-state index in [0.717, 1.165) is 37.9 Å². The summed E-state index contributed by atoms with van der Waals surface area (Å²) < 4.78 is 5.33. The summed E-state index contributed by atoms with van der Waals surface area (Å²) in [5, 5.41) is 0. The zero-order valence-corrected chi connectivity index (χ0v) is 12.7. The van der Waals surface area contributed by atoms with E-state index in [9.17, 15) is 4.79 Å². The minimum absolute atomic E-state index is 0.00625. The first-order chi connectivity index (χ1) is 7.69. The highest BCUT2D eigenvalue weighted by Crippen LogP contribution is 2.33. The quantitative estimate of drug-likeness (QED) is 0.329. The molecule has 0 aromatic rings. The van der Waals surface area contributed by atoms with E-state index >= 15 is 0 Å². The van der Waals surface area contributed by atoms with E-state index < -0.39 is 0 Å². The number of hydrogen-bond donors (Lipinski definition) is 0. The molecule has 0 amide bonds. The Kier molecular flexibility index (Phi) is 6.80. The van der Waals surface area contributed by atoms with Crippen molar-refractivity contribution < 1.29 is 9.53 Å². The zero-order chi connectivity index (χ0) is 11.9. The lowest BCUT2D eigenvalue weighted by Gasteiger charge is -2.27. The first-order valence-corrected chi connectivity index (χ1v) is 9.28. The second-order valence-corrected chi connectivity index (χ2v) is 6.91. The molecular formula is C12H19IO2S. The maximum Gasteiger partial charge on any atom is 0.311 e. The van der Waals surface area contributed by atoms with Gasteiger partial charge in [-0.2, -0.15) is 0 Å². The van der Waals surface area contributed by atoms with Crippen molar-refractivity contribution >= 4 is 36.1 Å². The van der Waals surface area contributed by atoms with Gasteiger partial charge in [-0.15, -0.1) is 0 Å². The van der Waals surface area contributed by atoms with Gasteiger partial charge in [0.15, 0.2) is 0 Å². The van der Waals surface area contributed by atoms with Crippen LogP contribution in [0.5, 0.6) is 0 Å². The Morgan fingerprint density at radius 1 is 1.44 bits per heavy atom. The van der Waals surface area contributed by atoms with Crippen molar-refractivity contribution in [3.63, 3.8) is 0 Å². The van der Waals surface area contributed by atoms with Crippen LogP contribution >= 0.6 is 30.1 Å². The molecule has 0 heterocycles.